The van der Waals surface area contributed by atoms with Crippen LogP contribution in [0.3, 0.4) is 0 Å². The van der Waals surface area contributed by atoms with Crippen LogP contribution in [0.25, 0.3) is 0 Å². The smallest absolute Gasteiger partial charge is 0.253 e. The number of thioether (sulfide) groups is 1. The number of allylic oxidation sites excluding steroid dienone is 2. The van der Waals surface area contributed by atoms with E-state index < -0.39 is 5.82 Å². The highest BCUT2D eigenvalue weighted by molar-refractivity contribution is 8.03. The summed E-state index contributed by atoms with van der Waals surface area (Å²) in [7, 11) is 0. The summed E-state index contributed by atoms with van der Waals surface area (Å²) >= 11 is 1.69. The minimum Gasteiger partial charge on any atom is -0.363 e. The molecule has 1 unspecified atom stereocenters. The molecule has 4 rings (SSSR count). The predicted molar refractivity (Wildman–Crippen MR) is 97.9 cm³/mol. The Balaban J connectivity index is 1.71. The van der Waals surface area contributed by atoms with Gasteiger partial charge in [0, 0.05) is 24.2 Å². The van der Waals surface area contributed by atoms with Crippen LogP contribution >= 0.6 is 11.8 Å². The standard InChI is InChI=1S/C18H23FN4OS/c1-9-6-7-13(25-9)16-14-10(8-21-18(14)24)15(19)17(23-16)22-12-5-3-2-4-11(12)20/h6,11-13H,2-5,7-8,20H2,1H3,(H,21,24)(H,22,23)/t11-,12+,13?/m0/s1. The van der Waals surface area contributed by atoms with Crippen molar-refractivity contribution in [2.75, 3.05) is 5.32 Å². The first kappa shape index (κ1) is 16.8. The maximum atomic E-state index is 15.0. The molecule has 3 aliphatic rings. The number of carbonyl (C=O) groups excluding carboxylic acids is 1. The number of nitrogens with two attached hydrogens (primary N) is 1. The van der Waals surface area contributed by atoms with Crippen molar-refractivity contribution in [3.05, 3.63) is 33.6 Å². The first-order chi connectivity index (χ1) is 12.0. The molecule has 7 heteroatoms. The van der Waals surface area contributed by atoms with E-state index in [4.69, 9.17) is 5.73 Å². The van der Waals surface area contributed by atoms with Gasteiger partial charge >= 0.3 is 0 Å². The first-order valence-corrected chi connectivity index (χ1v) is 9.78. The number of halogens is 1. The number of amides is 1. The van der Waals surface area contributed by atoms with Crippen molar-refractivity contribution < 1.29 is 9.18 Å². The molecule has 1 fully saturated rings. The quantitative estimate of drug-likeness (QED) is 0.769. The third-order valence-electron chi connectivity index (χ3n) is 5.31. The summed E-state index contributed by atoms with van der Waals surface area (Å²) in [4.78, 5) is 18.0. The van der Waals surface area contributed by atoms with Crippen LogP contribution in [-0.4, -0.2) is 23.0 Å². The van der Waals surface area contributed by atoms with Crippen molar-refractivity contribution in [3.8, 4) is 0 Å². The fourth-order valence-electron chi connectivity index (χ4n) is 3.91. The Morgan fingerprint density at radius 1 is 1.40 bits per heavy atom. The van der Waals surface area contributed by atoms with E-state index in [1.54, 1.807) is 11.8 Å². The molecule has 1 aromatic heterocycles. The fraction of sp³-hybridized carbons (Fsp3) is 0.556. The molecular formula is C18H23FN4OS. The van der Waals surface area contributed by atoms with Crippen LogP contribution in [0.5, 0.6) is 0 Å². The van der Waals surface area contributed by atoms with Crippen molar-refractivity contribution >= 4 is 23.5 Å². The van der Waals surface area contributed by atoms with Gasteiger partial charge < -0.3 is 16.4 Å². The zero-order valence-electron chi connectivity index (χ0n) is 14.3. The summed E-state index contributed by atoms with van der Waals surface area (Å²) < 4.78 is 15.0. The molecule has 4 N–H and O–H groups in total. The Kier molecular flexibility index (Phi) is 4.45. The third kappa shape index (κ3) is 3.04. The Morgan fingerprint density at radius 3 is 2.92 bits per heavy atom. The van der Waals surface area contributed by atoms with Crippen LogP contribution < -0.4 is 16.4 Å². The van der Waals surface area contributed by atoms with Crippen molar-refractivity contribution in [2.24, 2.45) is 5.73 Å². The molecule has 1 aromatic rings. The number of nitrogens with one attached hydrogen (secondary N) is 2. The lowest BCUT2D eigenvalue weighted by Gasteiger charge is -2.30. The third-order valence-corrected chi connectivity index (χ3v) is 6.55. The number of carbonyl (C=O) groups is 1. The molecule has 0 bridgehead atoms. The highest BCUT2D eigenvalue weighted by Crippen LogP contribution is 2.45. The van der Waals surface area contributed by atoms with E-state index in [0.29, 0.717) is 16.8 Å². The SMILES string of the molecule is CC1=CCC(c2nc(N[C@@H]3CCCC[C@@H]3N)c(F)c3c2C(=O)NC3)S1. The van der Waals surface area contributed by atoms with Gasteiger partial charge in [0.2, 0.25) is 0 Å². The van der Waals surface area contributed by atoms with E-state index in [0.717, 1.165) is 32.1 Å². The van der Waals surface area contributed by atoms with E-state index in [9.17, 15) is 9.18 Å². The summed E-state index contributed by atoms with van der Waals surface area (Å²) in [6.07, 6.45) is 7.03. The average molecular weight is 362 g/mol. The van der Waals surface area contributed by atoms with Gasteiger partial charge in [-0.3, -0.25) is 4.79 Å². The van der Waals surface area contributed by atoms with Gasteiger partial charge in [0.25, 0.3) is 5.91 Å². The molecule has 3 heterocycles. The summed E-state index contributed by atoms with van der Waals surface area (Å²) in [6, 6.07) is 0.0407. The summed E-state index contributed by atoms with van der Waals surface area (Å²) in [5, 5.41) is 6.05. The molecule has 0 saturated heterocycles. The fourth-order valence-corrected chi connectivity index (χ4v) is 5.03. The van der Waals surface area contributed by atoms with Crippen LogP contribution in [0, 0.1) is 5.82 Å². The van der Waals surface area contributed by atoms with E-state index >= 15 is 0 Å². The van der Waals surface area contributed by atoms with Gasteiger partial charge in [-0.1, -0.05) is 18.9 Å². The van der Waals surface area contributed by atoms with Crippen LogP contribution in [-0.2, 0) is 6.54 Å². The predicted octanol–water partition coefficient (Wildman–Crippen LogP) is 3.23. The molecular weight excluding hydrogens is 339 g/mol. The number of pyridine rings is 1. The van der Waals surface area contributed by atoms with Crippen molar-refractivity contribution in [2.45, 2.75) is 62.9 Å². The lowest BCUT2D eigenvalue weighted by atomic mass is 9.91. The number of anilines is 1. The number of rotatable bonds is 3. The topological polar surface area (TPSA) is 80.0 Å². The van der Waals surface area contributed by atoms with Gasteiger partial charge in [-0.05, 0) is 31.1 Å². The Morgan fingerprint density at radius 2 is 2.20 bits per heavy atom. The summed E-state index contributed by atoms with van der Waals surface area (Å²) in [6.45, 7) is 2.28. The lowest BCUT2D eigenvalue weighted by molar-refractivity contribution is 0.0964. The second kappa shape index (κ2) is 6.61. The van der Waals surface area contributed by atoms with Crippen molar-refractivity contribution in [3.63, 3.8) is 0 Å². The maximum absolute atomic E-state index is 15.0. The van der Waals surface area contributed by atoms with E-state index in [1.165, 1.54) is 4.91 Å². The summed E-state index contributed by atoms with van der Waals surface area (Å²) in [5.74, 6) is -0.386. The molecule has 0 spiro atoms. The molecule has 1 aliphatic carbocycles. The van der Waals surface area contributed by atoms with Gasteiger partial charge in [0.05, 0.1) is 16.5 Å². The van der Waals surface area contributed by atoms with Gasteiger partial charge in [0.1, 0.15) is 0 Å². The number of nitrogens with zero attached hydrogens (tertiary/aromatic N) is 1. The largest absolute Gasteiger partial charge is 0.363 e. The second-order valence-corrected chi connectivity index (χ2v) is 8.50. The molecule has 2 aliphatic heterocycles. The minimum atomic E-state index is -0.414. The molecule has 1 saturated carbocycles. The lowest BCUT2D eigenvalue weighted by Crippen LogP contribution is -2.43. The highest BCUT2D eigenvalue weighted by atomic mass is 32.2. The van der Waals surface area contributed by atoms with Crippen molar-refractivity contribution in [1.29, 1.82) is 0 Å². The van der Waals surface area contributed by atoms with Crippen LogP contribution in [0.1, 0.15) is 65.9 Å². The van der Waals surface area contributed by atoms with Crippen LogP contribution in [0.4, 0.5) is 10.2 Å². The number of aromatic nitrogens is 1. The van der Waals surface area contributed by atoms with Crippen LogP contribution in [0.15, 0.2) is 11.0 Å². The number of fused-ring (bicyclic) bond motifs is 1. The minimum absolute atomic E-state index is 0.0104. The Bertz CT molecular complexity index is 751. The van der Waals surface area contributed by atoms with Crippen LogP contribution in [0.2, 0.25) is 0 Å². The molecule has 0 radical (unpaired) electrons. The Labute approximate surface area is 151 Å². The number of hydrogen-bond acceptors (Lipinski definition) is 5. The first-order valence-electron chi connectivity index (χ1n) is 8.90. The summed E-state index contributed by atoms with van der Waals surface area (Å²) in [5.41, 5.74) is 7.75. The molecule has 0 aromatic carbocycles. The van der Waals surface area contributed by atoms with Gasteiger partial charge in [0.15, 0.2) is 11.6 Å². The van der Waals surface area contributed by atoms with Gasteiger partial charge in [-0.25, -0.2) is 9.37 Å². The molecule has 3 atom stereocenters. The van der Waals surface area contributed by atoms with Gasteiger partial charge in [-0.2, -0.15) is 0 Å². The average Bonchev–Trinajstić information content (AvgIpc) is 3.19. The monoisotopic (exact) mass is 362 g/mol. The highest BCUT2D eigenvalue weighted by Gasteiger charge is 2.34. The second-order valence-electron chi connectivity index (χ2n) is 7.05. The van der Waals surface area contributed by atoms with E-state index in [2.05, 4.69) is 28.6 Å². The Hall–Kier alpha value is -1.60. The normalized spacial score (nSPS) is 28.5. The molecule has 5 nitrogen and oxygen atoms in total. The van der Waals surface area contributed by atoms with Gasteiger partial charge in [-0.15, -0.1) is 11.8 Å². The zero-order chi connectivity index (χ0) is 17.6. The molecule has 1 amide bonds. The molecule has 25 heavy (non-hydrogen) atoms. The zero-order valence-corrected chi connectivity index (χ0v) is 15.1. The van der Waals surface area contributed by atoms with E-state index in [-0.39, 0.29) is 35.6 Å². The molecule has 134 valence electrons. The van der Waals surface area contributed by atoms with E-state index in [1.807, 2.05) is 0 Å². The number of hydrogen-bond donors (Lipinski definition) is 3. The maximum Gasteiger partial charge on any atom is 0.253 e. The van der Waals surface area contributed by atoms with Crippen molar-refractivity contribution in [1.82, 2.24) is 10.3 Å².